The van der Waals surface area contributed by atoms with Crippen molar-refractivity contribution in [1.82, 2.24) is 9.97 Å². The van der Waals surface area contributed by atoms with Crippen LogP contribution >= 0.6 is 0 Å². The minimum absolute atomic E-state index is 0.426. The molecule has 0 spiro atoms. The third-order valence-corrected chi connectivity index (χ3v) is 4.50. The van der Waals surface area contributed by atoms with Gasteiger partial charge in [0, 0.05) is 18.8 Å². The Morgan fingerprint density at radius 3 is 2.58 bits per heavy atom. The van der Waals surface area contributed by atoms with Crippen LogP contribution in [-0.2, 0) is 4.79 Å². The molecule has 0 atom stereocenters. The van der Waals surface area contributed by atoms with E-state index in [0.717, 1.165) is 42.5 Å². The Labute approximate surface area is 112 Å². The van der Waals surface area contributed by atoms with Crippen LogP contribution in [0.2, 0.25) is 0 Å². The van der Waals surface area contributed by atoms with Crippen LogP contribution in [0.25, 0.3) is 11.0 Å². The predicted molar refractivity (Wildman–Crippen MR) is 74.3 cm³/mol. The molecule has 0 unspecified atom stereocenters. The van der Waals surface area contributed by atoms with E-state index in [0.29, 0.717) is 17.6 Å². The van der Waals surface area contributed by atoms with Crippen LogP contribution in [-0.4, -0.2) is 15.8 Å². The first kappa shape index (κ1) is 11.2. The first-order chi connectivity index (χ1) is 9.29. The largest absolute Gasteiger partial charge is 0.342 e. The molecule has 2 fully saturated rings. The van der Waals surface area contributed by atoms with Crippen molar-refractivity contribution in [3.8, 4) is 0 Å². The number of aromatic amines is 1. The minimum Gasteiger partial charge on any atom is -0.342 e. The molecule has 2 aliphatic rings. The summed E-state index contributed by atoms with van der Waals surface area (Å²) in [6, 6.07) is 6.57. The van der Waals surface area contributed by atoms with E-state index in [1.165, 1.54) is 18.4 Å². The molecule has 0 radical (unpaired) electrons. The molecule has 1 heterocycles. The maximum atomic E-state index is 11.3. The quantitative estimate of drug-likeness (QED) is 0.888. The standard InChI is InChI=1S/C16H18N2O/c19-13-6-3-10(4-7-13)12-5-8-14-15(9-12)18-16(17-14)11-1-2-11/h5,8-11H,1-4,6-7H2,(H,17,18). The zero-order chi connectivity index (χ0) is 12.8. The van der Waals surface area contributed by atoms with E-state index in [2.05, 4.69) is 28.2 Å². The molecule has 19 heavy (non-hydrogen) atoms. The lowest BCUT2D eigenvalue weighted by molar-refractivity contribution is -0.120. The highest BCUT2D eigenvalue weighted by atomic mass is 16.1. The number of ketones is 1. The lowest BCUT2D eigenvalue weighted by Crippen LogP contribution is -2.12. The third kappa shape index (κ3) is 2.07. The van der Waals surface area contributed by atoms with Gasteiger partial charge in [0.25, 0.3) is 0 Å². The van der Waals surface area contributed by atoms with Crippen LogP contribution in [0.3, 0.4) is 0 Å². The number of imidazole rings is 1. The summed E-state index contributed by atoms with van der Waals surface area (Å²) >= 11 is 0. The number of Topliss-reactive ketones (excluding diaryl/α,β-unsaturated/α-hetero) is 1. The summed E-state index contributed by atoms with van der Waals surface area (Å²) in [5, 5.41) is 0. The van der Waals surface area contributed by atoms with Gasteiger partial charge in [-0.05, 0) is 49.3 Å². The highest BCUT2D eigenvalue weighted by molar-refractivity contribution is 5.80. The average Bonchev–Trinajstić information content (AvgIpc) is 3.19. The van der Waals surface area contributed by atoms with Crippen molar-refractivity contribution in [2.75, 3.05) is 0 Å². The van der Waals surface area contributed by atoms with Crippen molar-refractivity contribution >= 4 is 16.8 Å². The molecule has 2 aromatic rings. The first-order valence-electron chi connectivity index (χ1n) is 7.31. The van der Waals surface area contributed by atoms with Gasteiger partial charge < -0.3 is 4.98 Å². The molecule has 0 amide bonds. The van der Waals surface area contributed by atoms with E-state index in [1.807, 2.05) is 0 Å². The van der Waals surface area contributed by atoms with Gasteiger partial charge in [0.05, 0.1) is 11.0 Å². The van der Waals surface area contributed by atoms with Crippen LogP contribution in [0.1, 0.15) is 61.7 Å². The summed E-state index contributed by atoms with van der Waals surface area (Å²) in [6.07, 6.45) is 6.06. The van der Waals surface area contributed by atoms with E-state index in [-0.39, 0.29) is 0 Å². The number of benzene rings is 1. The summed E-state index contributed by atoms with van der Waals surface area (Å²) in [5.74, 6) is 2.80. The van der Waals surface area contributed by atoms with Gasteiger partial charge >= 0.3 is 0 Å². The Balaban J connectivity index is 1.65. The van der Waals surface area contributed by atoms with Crippen molar-refractivity contribution in [3.63, 3.8) is 0 Å². The van der Waals surface area contributed by atoms with E-state index in [4.69, 9.17) is 0 Å². The van der Waals surface area contributed by atoms with Gasteiger partial charge in [0.1, 0.15) is 11.6 Å². The van der Waals surface area contributed by atoms with Crippen molar-refractivity contribution in [3.05, 3.63) is 29.6 Å². The van der Waals surface area contributed by atoms with Crippen LogP contribution in [0.5, 0.6) is 0 Å². The molecule has 3 nitrogen and oxygen atoms in total. The fourth-order valence-corrected chi connectivity index (χ4v) is 3.12. The monoisotopic (exact) mass is 254 g/mol. The Morgan fingerprint density at radius 1 is 1.05 bits per heavy atom. The zero-order valence-corrected chi connectivity index (χ0v) is 11.0. The number of nitrogens with one attached hydrogen (secondary N) is 1. The van der Waals surface area contributed by atoms with E-state index < -0.39 is 0 Å². The molecule has 3 heteroatoms. The van der Waals surface area contributed by atoms with Gasteiger partial charge in [0.2, 0.25) is 0 Å². The van der Waals surface area contributed by atoms with E-state index >= 15 is 0 Å². The number of H-pyrrole nitrogens is 1. The van der Waals surface area contributed by atoms with Crippen LogP contribution in [0.4, 0.5) is 0 Å². The maximum Gasteiger partial charge on any atom is 0.132 e. The summed E-state index contributed by atoms with van der Waals surface area (Å²) in [7, 11) is 0. The van der Waals surface area contributed by atoms with Crippen LogP contribution < -0.4 is 0 Å². The van der Waals surface area contributed by atoms with Gasteiger partial charge in [-0.3, -0.25) is 4.79 Å². The van der Waals surface area contributed by atoms with Crippen molar-refractivity contribution in [2.45, 2.75) is 50.4 Å². The van der Waals surface area contributed by atoms with Crippen LogP contribution in [0.15, 0.2) is 18.2 Å². The normalized spacial score (nSPS) is 21.2. The van der Waals surface area contributed by atoms with Crippen molar-refractivity contribution in [1.29, 1.82) is 0 Å². The fraction of sp³-hybridized carbons (Fsp3) is 0.500. The average molecular weight is 254 g/mol. The summed E-state index contributed by atoms with van der Waals surface area (Å²) < 4.78 is 0. The molecule has 98 valence electrons. The molecule has 2 aliphatic carbocycles. The molecule has 1 N–H and O–H groups in total. The summed E-state index contributed by atoms with van der Waals surface area (Å²) in [5.41, 5.74) is 3.61. The zero-order valence-electron chi connectivity index (χ0n) is 11.0. The Hall–Kier alpha value is -1.64. The predicted octanol–water partition coefficient (Wildman–Crippen LogP) is 3.67. The van der Waals surface area contributed by atoms with Crippen LogP contribution in [0, 0.1) is 0 Å². The molecule has 0 saturated heterocycles. The number of fused-ring (bicyclic) bond motifs is 1. The second kappa shape index (κ2) is 4.19. The van der Waals surface area contributed by atoms with E-state index in [9.17, 15) is 4.79 Å². The van der Waals surface area contributed by atoms with Gasteiger partial charge in [-0.2, -0.15) is 0 Å². The van der Waals surface area contributed by atoms with Gasteiger partial charge in [-0.15, -0.1) is 0 Å². The molecular formula is C16H18N2O. The molecule has 0 aliphatic heterocycles. The van der Waals surface area contributed by atoms with Crippen molar-refractivity contribution in [2.24, 2.45) is 0 Å². The molecule has 4 rings (SSSR count). The fourth-order valence-electron chi connectivity index (χ4n) is 3.12. The lowest BCUT2D eigenvalue weighted by atomic mass is 9.83. The molecule has 2 saturated carbocycles. The number of hydrogen-bond donors (Lipinski definition) is 1. The number of hydrogen-bond acceptors (Lipinski definition) is 2. The number of nitrogens with zero attached hydrogens (tertiary/aromatic N) is 1. The third-order valence-electron chi connectivity index (χ3n) is 4.50. The highest BCUT2D eigenvalue weighted by Gasteiger charge is 2.27. The maximum absolute atomic E-state index is 11.3. The van der Waals surface area contributed by atoms with Gasteiger partial charge in [-0.25, -0.2) is 4.98 Å². The SMILES string of the molecule is O=C1CCC(c2ccc3nc(C4CC4)[nH]c3c2)CC1. The number of carbonyl (C=O) groups excluding carboxylic acids is 1. The first-order valence-corrected chi connectivity index (χ1v) is 7.31. The number of rotatable bonds is 2. The van der Waals surface area contributed by atoms with E-state index in [1.54, 1.807) is 0 Å². The molecule has 1 aromatic carbocycles. The smallest absolute Gasteiger partial charge is 0.132 e. The minimum atomic E-state index is 0.426. The van der Waals surface area contributed by atoms with Gasteiger partial charge in [0.15, 0.2) is 0 Å². The Kier molecular flexibility index (Phi) is 2.47. The molecule has 1 aromatic heterocycles. The molecule has 0 bridgehead atoms. The second-order valence-electron chi connectivity index (χ2n) is 5.99. The number of aromatic nitrogens is 2. The molecular weight excluding hydrogens is 236 g/mol. The second-order valence-corrected chi connectivity index (χ2v) is 5.99. The topological polar surface area (TPSA) is 45.8 Å². The summed E-state index contributed by atoms with van der Waals surface area (Å²) in [4.78, 5) is 19.5. The highest BCUT2D eigenvalue weighted by Crippen LogP contribution is 2.39. The Bertz CT molecular complexity index is 629. The number of carbonyl (C=O) groups is 1. The summed E-state index contributed by atoms with van der Waals surface area (Å²) in [6.45, 7) is 0. The van der Waals surface area contributed by atoms with Gasteiger partial charge in [-0.1, -0.05) is 6.07 Å². The lowest BCUT2D eigenvalue weighted by Gasteiger charge is -2.21. The Morgan fingerprint density at radius 2 is 1.84 bits per heavy atom. The van der Waals surface area contributed by atoms with Crippen molar-refractivity contribution < 1.29 is 4.79 Å².